The topological polar surface area (TPSA) is 46.4 Å². The molecule has 0 radical (unpaired) electrons. The Balaban J connectivity index is 1.44. The van der Waals surface area contributed by atoms with Crippen LogP contribution in [0.1, 0.15) is 56.5 Å². The number of pyridine rings is 1. The number of nitrogens with zero attached hydrogens (tertiary/aromatic N) is 5. The molecule has 1 saturated heterocycles. The van der Waals surface area contributed by atoms with Crippen LogP contribution in [-0.4, -0.2) is 77.0 Å². The van der Waals surface area contributed by atoms with E-state index in [0.29, 0.717) is 23.2 Å². The Hall–Kier alpha value is -1.97. The molecule has 0 spiro atoms. The van der Waals surface area contributed by atoms with Gasteiger partial charge in [-0.2, -0.15) is 18.3 Å². The molecule has 0 bridgehead atoms. The van der Waals surface area contributed by atoms with E-state index in [2.05, 4.69) is 34.7 Å². The first-order valence-corrected chi connectivity index (χ1v) is 11.8. The fourth-order valence-corrected chi connectivity index (χ4v) is 5.11. The predicted molar refractivity (Wildman–Crippen MR) is 121 cm³/mol. The lowest BCUT2D eigenvalue weighted by atomic mass is 10.0. The van der Waals surface area contributed by atoms with E-state index < -0.39 is 11.9 Å². The number of halogens is 3. The summed E-state index contributed by atoms with van der Waals surface area (Å²) >= 11 is 0. The van der Waals surface area contributed by atoms with Gasteiger partial charge in [0, 0.05) is 75.3 Å². The maximum absolute atomic E-state index is 12.9. The number of hydrogen-bond acceptors (Lipinski definition) is 5. The van der Waals surface area contributed by atoms with E-state index in [9.17, 15) is 13.2 Å². The molecular formula is C24H34F3N5O. The fraction of sp³-hybridized carbons (Fsp3) is 0.667. The second-order valence-corrected chi connectivity index (χ2v) is 9.46. The summed E-state index contributed by atoms with van der Waals surface area (Å²) in [6, 6.07) is 5.31. The molecule has 1 aliphatic carbocycles. The number of hydrogen-bond donors (Lipinski definition) is 0. The Morgan fingerprint density at radius 3 is 2.48 bits per heavy atom. The van der Waals surface area contributed by atoms with Crippen molar-refractivity contribution in [3.63, 3.8) is 0 Å². The maximum Gasteiger partial charge on any atom is 0.433 e. The Morgan fingerprint density at radius 1 is 1.12 bits per heavy atom. The summed E-state index contributed by atoms with van der Waals surface area (Å²) in [6.45, 7) is 10.3. The lowest BCUT2D eigenvalue weighted by Crippen LogP contribution is -2.50. The monoisotopic (exact) mass is 465 g/mol. The molecule has 1 saturated carbocycles. The van der Waals surface area contributed by atoms with Crippen molar-refractivity contribution >= 4 is 0 Å². The fourth-order valence-electron chi connectivity index (χ4n) is 5.11. The van der Waals surface area contributed by atoms with Gasteiger partial charge < -0.3 is 4.74 Å². The number of aromatic nitrogens is 3. The molecule has 1 aliphatic heterocycles. The molecule has 2 aromatic rings. The number of piperazine rings is 1. The minimum absolute atomic E-state index is 0.180. The highest BCUT2D eigenvalue weighted by atomic mass is 19.4. The van der Waals surface area contributed by atoms with Gasteiger partial charge >= 0.3 is 6.18 Å². The molecule has 0 amide bonds. The van der Waals surface area contributed by atoms with Gasteiger partial charge in [-0.05, 0) is 51.3 Å². The predicted octanol–water partition coefficient (Wildman–Crippen LogP) is 4.44. The third kappa shape index (κ3) is 5.58. The van der Waals surface area contributed by atoms with Crippen molar-refractivity contribution in [1.29, 1.82) is 0 Å². The van der Waals surface area contributed by atoms with Crippen LogP contribution in [0, 0.1) is 0 Å². The number of alkyl halides is 3. The summed E-state index contributed by atoms with van der Waals surface area (Å²) in [4.78, 5) is 8.70. The summed E-state index contributed by atoms with van der Waals surface area (Å²) in [5.74, 6) is 0.410. The molecule has 2 atom stereocenters. The van der Waals surface area contributed by atoms with Crippen LogP contribution in [0.5, 0.6) is 0 Å². The molecule has 0 N–H and O–H groups in total. The van der Waals surface area contributed by atoms with Crippen LogP contribution in [-0.2, 0) is 10.9 Å². The van der Waals surface area contributed by atoms with Gasteiger partial charge in [0.2, 0.25) is 0 Å². The van der Waals surface area contributed by atoms with E-state index in [1.165, 1.54) is 24.4 Å². The summed E-state index contributed by atoms with van der Waals surface area (Å²) in [6.07, 6.45) is 0.220. The van der Waals surface area contributed by atoms with Crippen LogP contribution in [0.2, 0.25) is 0 Å². The van der Waals surface area contributed by atoms with Gasteiger partial charge in [0.25, 0.3) is 0 Å². The molecule has 4 rings (SSSR count). The Bertz CT molecular complexity index is 904. The smallest absolute Gasteiger partial charge is 0.383 e. The van der Waals surface area contributed by atoms with E-state index in [1.807, 2.05) is 4.68 Å². The van der Waals surface area contributed by atoms with Gasteiger partial charge in [0.15, 0.2) is 0 Å². The molecule has 33 heavy (non-hydrogen) atoms. The van der Waals surface area contributed by atoms with E-state index in [1.54, 1.807) is 7.11 Å². The number of ether oxygens (including phenoxy) is 1. The molecule has 182 valence electrons. The molecule has 6 nitrogen and oxygen atoms in total. The first kappa shape index (κ1) is 24.2. The van der Waals surface area contributed by atoms with Crippen molar-refractivity contribution in [2.45, 2.75) is 57.3 Å². The SMILES string of the molecule is COCCN1CCN([C@@H]2CC[C@H](c3cc(-c4ccc(C(F)(F)F)nc4)nn3C(C)C)C2)CC1. The minimum Gasteiger partial charge on any atom is -0.383 e. The average Bonchev–Trinajstić information content (AvgIpc) is 3.45. The van der Waals surface area contributed by atoms with Crippen molar-refractivity contribution in [3.8, 4) is 11.3 Å². The number of rotatable bonds is 7. The summed E-state index contributed by atoms with van der Waals surface area (Å²) in [5, 5.41) is 4.76. The third-order valence-electron chi connectivity index (χ3n) is 6.96. The first-order chi connectivity index (χ1) is 15.8. The molecule has 2 aromatic heterocycles. The van der Waals surface area contributed by atoms with Gasteiger partial charge in [0.05, 0.1) is 12.3 Å². The summed E-state index contributed by atoms with van der Waals surface area (Å²) in [7, 11) is 1.75. The van der Waals surface area contributed by atoms with Crippen LogP contribution < -0.4 is 0 Å². The highest BCUT2D eigenvalue weighted by molar-refractivity contribution is 5.58. The van der Waals surface area contributed by atoms with Gasteiger partial charge in [-0.25, -0.2) is 0 Å². The van der Waals surface area contributed by atoms with Crippen molar-refractivity contribution < 1.29 is 17.9 Å². The van der Waals surface area contributed by atoms with Gasteiger partial charge in [-0.3, -0.25) is 19.5 Å². The zero-order chi connectivity index (χ0) is 23.6. The van der Waals surface area contributed by atoms with Crippen LogP contribution >= 0.6 is 0 Å². The molecule has 2 aliphatic rings. The Morgan fingerprint density at radius 2 is 1.88 bits per heavy atom. The van der Waals surface area contributed by atoms with E-state index in [-0.39, 0.29) is 6.04 Å². The number of methoxy groups -OCH3 is 1. The van der Waals surface area contributed by atoms with Crippen LogP contribution in [0.4, 0.5) is 13.2 Å². The second kappa shape index (κ2) is 10.1. The largest absolute Gasteiger partial charge is 0.433 e. The Labute approximate surface area is 193 Å². The van der Waals surface area contributed by atoms with E-state index >= 15 is 0 Å². The van der Waals surface area contributed by atoms with Gasteiger partial charge in [-0.15, -0.1) is 0 Å². The van der Waals surface area contributed by atoms with Gasteiger partial charge in [0.1, 0.15) is 5.69 Å². The standard InChI is InChI=1S/C24H34F3N5O/c1-17(2)32-22(15-21(29-32)19-5-7-23(28-16-19)24(25,26)27)18-4-6-20(14-18)31-10-8-30(9-11-31)12-13-33-3/h5,7,15-18,20H,4,6,8-14H2,1-3H3/t18-,20+/m0/s1. The highest BCUT2D eigenvalue weighted by Gasteiger charge is 2.35. The van der Waals surface area contributed by atoms with Crippen LogP contribution in [0.3, 0.4) is 0 Å². The zero-order valence-electron chi connectivity index (χ0n) is 19.7. The molecule has 0 unspecified atom stereocenters. The molecule has 2 fully saturated rings. The zero-order valence-corrected chi connectivity index (χ0v) is 19.7. The molecular weight excluding hydrogens is 431 g/mol. The van der Waals surface area contributed by atoms with Crippen LogP contribution in [0.25, 0.3) is 11.3 Å². The second-order valence-electron chi connectivity index (χ2n) is 9.46. The summed E-state index contributed by atoms with van der Waals surface area (Å²) < 4.78 is 45.9. The van der Waals surface area contributed by atoms with Crippen molar-refractivity contribution in [3.05, 3.63) is 35.8 Å². The van der Waals surface area contributed by atoms with Gasteiger partial charge in [-0.1, -0.05) is 0 Å². The molecule has 9 heteroatoms. The van der Waals surface area contributed by atoms with Crippen molar-refractivity contribution in [1.82, 2.24) is 24.6 Å². The third-order valence-corrected chi connectivity index (χ3v) is 6.96. The van der Waals surface area contributed by atoms with E-state index in [0.717, 1.165) is 58.2 Å². The summed E-state index contributed by atoms with van der Waals surface area (Å²) in [5.41, 5.74) is 1.61. The lowest BCUT2D eigenvalue weighted by Gasteiger charge is -2.38. The molecule has 3 heterocycles. The minimum atomic E-state index is -4.44. The van der Waals surface area contributed by atoms with Crippen molar-refractivity contribution in [2.75, 3.05) is 46.4 Å². The Kier molecular flexibility index (Phi) is 7.40. The van der Waals surface area contributed by atoms with Crippen molar-refractivity contribution in [2.24, 2.45) is 0 Å². The highest BCUT2D eigenvalue weighted by Crippen LogP contribution is 2.39. The van der Waals surface area contributed by atoms with Crippen LogP contribution in [0.15, 0.2) is 24.4 Å². The average molecular weight is 466 g/mol. The quantitative estimate of drug-likeness (QED) is 0.605. The first-order valence-electron chi connectivity index (χ1n) is 11.8. The maximum atomic E-state index is 12.9. The lowest BCUT2D eigenvalue weighted by molar-refractivity contribution is -0.141. The van der Waals surface area contributed by atoms with E-state index in [4.69, 9.17) is 9.84 Å². The molecule has 0 aromatic carbocycles. The normalized spacial score (nSPS) is 23.0.